The third kappa shape index (κ3) is 5.51. The Labute approximate surface area is 234 Å². The fourth-order valence-corrected chi connectivity index (χ4v) is 4.43. The molecule has 0 spiro atoms. The van der Waals surface area contributed by atoms with E-state index in [-0.39, 0.29) is 29.4 Å². The minimum absolute atomic E-state index is 0.172. The lowest BCUT2D eigenvalue weighted by Gasteiger charge is -2.08. The first kappa shape index (κ1) is 25.5. The minimum atomic E-state index is -0.321. The molecule has 0 atom stereocenters. The van der Waals surface area contributed by atoms with Gasteiger partial charge in [0.2, 0.25) is 0 Å². The summed E-state index contributed by atoms with van der Waals surface area (Å²) in [5, 5.41) is 15.4. The van der Waals surface area contributed by atoms with Crippen LogP contribution in [-0.2, 0) is 6.61 Å². The van der Waals surface area contributed by atoms with E-state index in [9.17, 15) is 14.4 Å². The Bertz CT molecular complexity index is 1990. The van der Waals surface area contributed by atoms with Gasteiger partial charge in [0.05, 0.1) is 22.2 Å². The number of aromatic amines is 1. The summed E-state index contributed by atoms with van der Waals surface area (Å²) in [6, 6.07) is 32.4. The van der Waals surface area contributed by atoms with E-state index in [1.807, 2.05) is 60.8 Å². The van der Waals surface area contributed by atoms with E-state index < -0.39 is 0 Å². The van der Waals surface area contributed by atoms with Crippen LogP contribution in [0, 0.1) is 17.1 Å². The van der Waals surface area contributed by atoms with Gasteiger partial charge in [0.1, 0.15) is 29.9 Å². The number of aromatic nitrogens is 4. The largest absolute Gasteiger partial charge is 0.489 e. The van der Waals surface area contributed by atoms with E-state index in [4.69, 9.17) is 9.84 Å². The van der Waals surface area contributed by atoms with Crippen molar-refractivity contribution in [2.75, 3.05) is 0 Å². The van der Waals surface area contributed by atoms with Crippen LogP contribution in [0.5, 0.6) is 5.75 Å². The van der Waals surface area contributed by atoms with Crippen molar-refractivity contribution >= 4 is 22.6 Å². The Balaban J connectivity index is 1.41. The number of nitrogens with one attached hydrogen (secondary N) is 1. The van der Waals surface area contributed by atoms with Crippen LogP contribution in [0.1, 0.15) is 17.0 Å². The van der Waals surface area contributed by atoms with Crippen molar-refractivity contribution in [3.05, 3.63) is 142 Å². The summed E-state index contributed by atoms with van der Waals surface area (Å²) in [5.41, 5.74) is 4.06. The summed E-state index contributed by atoms with van der Waals surface area (Å²) >= 11 is 0. The Morgan fingerprint density at radius 1 is 0.976 bits per heavy atom. The van der Waals surface area contributed by atoms with Crippen LogP contribution in [0.15, 0.2) is 114 Å². The second-order valence-electron chi connectivity index (χ2n) is 9.26. The van der Waals surface area contributed by atoms with Gasteiger partial charge in [-0.2, -0.15) is 10.4 Å². The van der Waals surface area contributed by atoms with Crippen molar-refractivity contribution in [3.8, 4) is 28.8 Å². The number of fused-ring (bicyclic) bond motifs is 1. The van der Waals surface area contributed by atoms with E-state index in [0.717, 1.165) is 16.8 Å². The summed E-state index contributed by atoms with van der Waals surface area (Å²) in [6.07, 6.45) is 3.49. The second-order valence-corrected chi connectivity index (χ2v) is 9.26. The Morgan fingerprint density at radius 2 is 1.76 bits per heavy atom. The third-order valence-electron chi connectivity index (χ3n) is 6.48. The molecule has 0 aliphatic heterocycles. The first-order chi connectivity index (χ1) is 20.1. The molecule has 0 fully saturated rings. The summed E-state index contributed by atoms with van der Waals surface area (Å²) in [5.74, 6) is 0.480. The molecule has 0 aliphatic carbocycles. The van der Waals surface area contributed by atoms with Crippen molar-refractivity contribution in [3.63, 3.8) is 0 Å². The van der Waals surface area contributed by atoms with Gasteiger partial charge in [-0.25, -0.2) is 14.1 Å². The topological polar surface area (TPSA) is 96.6 Å². The highest BCUT2D eigenvalue weighted by Crippen LogP contribution is 2.30. The molecule has 0 saturated carbocycles. The number of allylic oxidation sites excluding steroid dienone is 1. The van der Waals surface area contributed by atoms with Crippen molar-refractivity contribution in [1.29, 1.82) is 5.26 Å². The molecule has 41 heavy (non-hydrogen) atoms. The molecular formula is C33H22FN5O2. The maximum Gasteiger partial charge on any atom is 0.259 e. The van der Waals surface area contributed by atoms with Gasteiger partial charge < -0.3 is 9.72 Å². The molecule has 7 nitrogen and oxygen atoms in total. The van der Waals surface area contributed by atoms with E-state index in [0.29, 0.717) is 27.9 Å². The number of hydrogen-bond donors (Lipinski definition) is 1. The van der Waals surface area contributed by atoms with Gasteiger partial charge >= 0.3 is 0 Å². The SMILES string of the molecule is N#C/C(=C/c1cn(-c2ccccc2)nc1-c1cccc(OCc2ccc(F)cc2)c1)c1nc2ccccc2c(=O)[nH]1. The van der Waals surface area contributed by atoms with E-state index in [1.54, 1.807) is 47.2 Å². The maximum absolute atomic E-state index is 13.3. The fraction of sp³-hybridized carbons (Fsp3) is 0.0303. The van der Waals surface area contributed by atoms with Crippen LogP contribution in [0.4, 0.5) is 4.39 Å². The molecule has 8 heteroatoms. The molecule has 1 N–H and O–H groups in total. The second kappa shape index (κ2) is 11.1. The quantitative estimate of drug-likeness (QED) is 0.232. The number of benzene rings is 4. The fourth-order valence-electron chi connectivity index (χ4n) is 4.43. The van der Waals surface area contributed by atoms with E-state index >= 15 is 0 Å². The van der Waals surface area contributed by atoms with Gasteiger partial charge in [-0.3, -0.25) is 4.79 Å². The number of para-hydroxylation sites is 2. The molecule has 0 radical (unpaired) electrons. The third-order valence-corrected chi connectivity index (χ3v) is 6.48. The zero-order chi connectivity index (χ0) is 28.2. The lowest BCUT2D eigenvalue weighted by molar-refractivity contribution is 0.306. The average molecular weight is 540 g/mol. The van der Waals surface area contributed by atoms with Gasteiger partial charge in [0.25, 0.3) is 5.56 Å². The Morgan fingerprint density at radius 3 is 2.56 bits per heavy atom. The van der Waals surface area contributed by atoms with Crippen molar-refractivity contribution in [2.24, 2.45) is 0 Å². The molecule has 6 rings (SSSR count). The smallest absolute Gasteiger partial charge is 0.259 e. The molecule has 2 aromatic heterocycles. The highest BCUT2D eigenvalue weighted by molar-refractivity contribution is 5.91. The number of H-pyrrole nitrogens is 1. The molecule has 2 heterocycles. The zero-order valence-electron chi connectivity index (χ0n) is 21.7. The lowest BCUT2D eigenvalue weighted by atomic mass is 10.1. The summed E-state index contributed by atoms with van der Waals surface area (Å²) in [6.45, 7) is 0.272. The number of halogens is 1. The van der Waals surface area contributed by atoms with Crippen LogP contribution >= 0.6 is 0 Å². The predicted octanol–water partition coefficient (Wildman–Crippen LogP) is 6.56. The minimum Gasteiger partial charge on any atom is -0.489 e. The summed E-state index contributed by atoms with van der Waals surface area (Å²) in [7, 11) is 0. The van der Waals surface area contributed by atoms with Gasteiger partial charge in [-0.1, -0.05) is 54.6 Å². The maximum atomic E-state index is 13.3. The van der Waals surface area contributed by atoms with E-state index in [2.05, 4.69) is 16.0 Å². The lowest BCUT2D eigenvalue weighted by Crippen LogP contribution is -2.11. The van der Waals surface area contributed by atoms with Crippen molar-refractivity contribution < 1.29 is 9.13 Å². The van der Waals surface area contributed by atoms with Crippen LogP contribution in [0.2, 0.25) is 0 Å². The first-order valence-electron chi connectivity index (χ1n) is 12.8. The molecule has 0 unspecified atom stereocenters. The summed E-state index contributed by atoms with van der Waals surface area (Å²) < 4.78 is 21.0. The van der Waals surface area contributed by atoms with E-state index in [1.165, 1.54) is 12.1 Å². The van der Waals surface area contributed by atoms with Gasteiger partial charge in [0, 0.05) is 17.3 Å². The molecule has 198 valence electrons. The molecule has 0 saturated heterocycles. The summed E-state index contributed by atoms with van der Waals surface area (Å²) in [4.78, 5) is 19.9. The molecule has 6 aromatic rings. The highest BCUT2D eigenvalue weighted by atomic mass is 19.1. The van der Waals surface area contributed by atoms with Crippen molar-refractivity contribution in [2.45, 2.75) is 6.61 Å². The van der Waals surface area contributed by atoms with Gasteiger partial charge in [-0.15, -0.1) is 0 Å². The number of hydrogen-bond acceptors (Lipinski definition) is 5. The van der Waals surface area contributed by atoms with Crippen LogP contribution in [0.3, 0.4) is 0 Å². The number of nitrogens with zero attached hydrogens (tertiary/aromatic N) is 4. The molecular weight excluding hydrogens is 517 g/mol. The number of nitriles is 1. The standard InChI is InChI=1S/C33H22FN5O2/c34-26-15-13-22(14-16-26)21-41-28-10-6-7-23(18-28)31-25(20-39(38-31)27-8-2-1-3-9-27)17-24(19-35)32-36-30-12-5-4-11-29(30)33(40)37-32/h1-18,20H,21H2,(H,36,37,40)/b24-17-. The normalized spacial score (nSPS) is 11.4. The van der Waals surface area contributed by atoms with Crippen LogP contribution in [-0.4, -0.2) is 19.7 Å². The Hall–Kier alpha value is -5.81. The highest BCUT2D eigenvalue weighted by Gasteiger charge is 2.15. The molecule has 0 bridgehead atoms. The number of ether oxygens (including phenoxy) is 1. The molecule has 4 aromatic carbocycles. The van der Waals surface area contributed by atoms with Gasteiger partial charge in [-0.05, 0) is 60.2 Å². The molecule has 0 aliphatic rings. The zero-order valence-corrected chi connectivity index (χ0v) is 21.7. The van der Waals surface area contributed by atoms with Gasteiger partial charge in [0.15, 0.2) is 5.82 Å². The number of rotatable bonds is 7. The predicted molar refractivity (Wildman–Crippen MR) is 156 cm³/mol. The monoisotopic (exact) mass is 539 g/mol. The van der Waals surface area contributed by atoms with Crippen molar-refractivity contribution in [1.82, 2.24) is 19.7 Å². The average Bonchev–Trinajstić information content (AvgIpc) is 3.44. The first-order valence-corrected chi connectivity index (χ1v) is 12.8. The van der Waals surface area contributed by atoms with Crippen LogP contribution < -0.4 is 10.3 Å². The molecule has 0 amide bonds. The Kier molecular flexibility index (Phi) is 6.91. The van der Waals surface area contributed by atoms with Crippen LogP contribution in [0.25, 0.3) is 39.5 Å².